The SMILES string of the molecule is COCCN1C(=O)NC(C)(c2cc(C)oc2C)C1=O. The zero-order valence-electron chi connectivity index (χ0n) is 11.6. The topological polar surface area (TPSA) is 71.8 Å². The highest BCUT2D eigenvalue weighted by atomic mass is 16.5. The van der Waals surface area contributed by atoms with Crippen LogP contribution >= 0.6 is 0 Å². The fourth-order valence-corrected chi connectivity index (χ4v) is 2.39. The number of ether oxygens (including phenoxy) is 1. The van der Waals surface area contributed by atoms with Crippen molar-refractivity contribution in [3.05, 3.63) is 23.2 Å². The van der Waals surface area contributed by atoms with Crippen LogP contribution in [-0.2, 0) is 15.1 Å². The molecule has 1 atom stereocenters. The van der Waals surface area contributed by atoms with Gasteiger partial charge in [0.25, 0.3) is 5.91 Å². The van der Waals surface area contributed by atoms with E-state index in [4.69, 9.17) is 9.15 Å². The predicted molar refractivity (Wildman–Crippen MR) is 67.7 cm³/mol. The van der Waals surface area contributed by atoms with E-state index in [0.29, 0.717) is 23.7 Å². The van der Waals surface area contributed by atoms with Crippen molar-refractivity contribution in [2.24, 2.45) is 0 Å². The third-order valence-electron chi connectivity index (χ3n) is 3.37. The molecule has 1 unspecified atom stereocenters. The number of aryl methyl sites for hydroxylation is 2. The van der Waals surface area contributed by atoms with Gasteiger partial charge in [-0.3, -0.25) is 9.69 Å². The van der Waals surface area contributed by atoms with Crippen molar-refractivity contribution in [2.45, 2.75) is 26.3 Å². The number of urea groups is 1. The Labute approximate surface area is 111 Å². The lowest BCUT2D eigenvalue weighted by atomic mass is 9.92. The molecule has 1 fully saturated rings. The lowest BCUT2D eigenvalue weighted by Crippen LogP contribution is -2.41. The quantitative estimate of drug-likeness (QED) is 0.834. The molecule has 6 nitrogen and oxygen atoms in total. The molecule has 0 saturated carbocycles. The highest BCUT2D eigenvalue weighted by Crippen LogP contribution is 2.32. The van der Waals surface area contributed by atoms with Gasteiger partial charge >= 0.3 is 6.03 Å². The first-order valence-corrected chi connectivity index (χ1v) is 6.10. The van der Waals surface area contributed by atoms with Crippen LogP contribution in [0.2, 0.25) is 0 Å². The van der Waals surface area contributed by atoms with Crippen LogP contribution in [0.4, 0.5) is 4.79 Å². The van der Waals surface area contributed by atoms with Gasteiger partial charge < -0.3 is 14.5 Å². The fraction of sp³-hybridized carbons (Fsp3) is 0.538. The highest BCUT2D eigenvalue weighted by Gasteiger charge is 2.50. The van der Waals surface area contributed by atoms with Crippen LogP contribution in [0.25, 0.3) is 0 Å². The second kappa shape index (κ2) is 4.70. The van der Waals surface area contributed by atoms with Gasteiger partial charge in [0.05, 0.1) is 13.2 Å². The molecule has 19 heavy (non-hydrogen) atoms. The number of amides is 3. The predicted octanol–water partition coefficient (Wildman–Crippen LogP) is 1.31. The third-order valence-corrected chi connectivity index (χ3v) is 3.37. The summed E-state index contributed by atoms with van der Waals surface area (Å²) in [5.41, 5.74) is -0.365. The second-order valence-electron chi connectivity index (χ2n) is 4.83. The minimum atomic E-state index is -1.06. The molecular formula is C13H18N2O4. The van der Waals surface area contributed by atoms with Crippen LogP contribution in [0.5, 0.6) is 0 Å². The Bertz CT molecular complexity index is 523. The summed E-state index contributed by atoms with van der Waals surface area (Å²) in [6.07, 6.45) is 0. The zero-order chi connectivity index (χ0) is 14.2. The smallest absolute Gasteiger partial charge is 0.325 e. The Morgan fingerprint density at radius 1 is 1.42 bits per heavy atom. The van der Waals surface area contributed by atoms with Gasteiger partial charge in [0.15, 0.2) is 0 Å². The first-order valence-electron chi connectivity index (χ1n) is 6.10. The van der Waals surface area contributed by atoms with E-state index in [1.165, 1.54) is 12.0 Å². The molecule has 104 valence electrons. The van der Waals surface area contributed by atoms with Gasteiger partial charge in [-0.1, -0.05) is 0 Å². The zero-order valence-corrected chi connectivity index (χ0v) is 11.6. The lowest BCUT2D eigenvalue weighted by molar-refractivity contribution is -0.131. The molecule has 3 amide bonds. The standard InChI is InChI=1S/C13H18N2O4/c1-8-7-10(9(2)19-8)13(3)11(16)15(5-6-18-4)12(17)14-13/h7H,5-6H2,1-4H3,(H,14,17). The van der Waals surface area contributed by atoms with Crippen LogP contribution in [0.15, 0.2) is 10.5 Å². The Kier molecular flexibility index (Phi) is 3.36. The van der Waals surface area contributed by atoms with Gasteiger partial charge in [0.2, 0.25) is 0 Å². The number of carbonyl (C=O) groups is 2. The van der Waals surface area contributed by atoms with Gasteiger partial charge in [0, 0.05) is 12.7 Å². The van der Waals surface area contributed by atoms with Crippen LogP contribution < -0.4 is 5.32 Å². The van der Waals surface area contributed by atoms with Gasteiger partial charge in [-0.05, 0) is 26.8 Å². The molecule has 1 aromatic rings. The molecule has 0 radical (unpaired) electrons. The van der Waals surface area contributed by atoms with Crippen molar-refractivity contribution >= 4 is 11.9 Å². The van der Waals surface area contributed by atoms with Crippen molar-refractivity contribution in [3.8, 4) is 0 Å². The van der Waals surface area contributed by atoms with Gasteiger partial charge in [-0.25, -0.2) is 4.79 Å². The molecule has 0 aromatic carbocycles. The number of nitrogens with one attached hydrogen (secondary N) is 1. The van der Waals surface area contributed by atoms with Crippen molar-refractivity contribution < 1.29 is 18.7 Å². The monoisotopic (exact) mass is 266 g/mol. The number of hydrogen-bond acceptors (Lipinski definition) is 4. The van der Waals surface area contributed by atoms with Gasteiger partial charge in [-0.2, -0.15) is 0 Å². The molecule has 1 saturated heterocycles. The highest BCUT2D eigenvalue weighted by molar-refractivity contribution is 6.07. The number of hydrogen-bond donors (Lipinski definition) is 1. The van der Waals surface area contributed by atoms with Crippen LogP contribution in [0.3, 0.4) is 0 Å². The Morgan fingerprint density at radius 3 is 2.63 bits per heavy atom. The molecule has 0 spiro atoms. The maximum atomic E-state index is 12.5. The first kappa shape index (κ1) is 13.6. The van der Waals surface area contributed by atoms with E-state index in [1.54, 1.807) is 19.9 Å². The average Bonchev–Trinajstić information content (AvgIpc) is 2.78. The summed E-state index contributed by atoms with van der Waals surface area (Å²) in [7, 11) is 1.53. The number of nitrogens with zero attached hydrogens (tertiary/aromatic N) is 1. The first-order chi connectivity index (χ1) is 8.90. The lowest BCUT2D eigenvalue weighted by Gasteiger charge is -2.21. The fourth-order valence-electron chi connectivity index (χ4n) is 2.39. The van der Waals surface area contributed by atoms with E-state index >= 15 is 0 Å². The third kappa shape index (κ3) is 2.12. The average molecular weight is 266 g/mol. The number of furan rings is 1. The second-order valence-corrected chi connectivity index (χ2v) is 4.83. The summed E-state index contributed by atoms with van der Waals surface area (Å²) in [4.78, 5) is 25.5. The van der Waals surface area contributed by atoms with Gasteiger partial charge in [0.1, 0.15) is 17.1 Å². The molecule has 6 heteroatoms. The molecule has 2 heterocycles. The van der Waals surface area contributed by atoms with Crippen molar-refractivity contribution in [2.75, 3.05) is 20.3 Å². The number of rotatable bonds is 4. The van der Waals surface area contributed by atoms with E-state index in [-0.39, 0.29) is 12.5 Å². The van der Waals surface area contributed by atoms with Crippen molar-refractivity contribution in [1.29, 1.82) is 0 Å². The molecule has 2 rings (SSSR count). The number of imide groups is 1. The van der Waals surface area contributed by atoms with E-state index in [9.17, 15) is 9.59 Å². The van der Waals surface area contributed by atoms with Crippen molar-refractivity contribution in [1.82, 2.24) is 10.2 Å². The van der Waals surface area contributed by atoms with Crippen LogP contribution in [0.1, 0.15) is 24.0 Å². The van der Waals surface area contributed by atoms with E-state index in [1.807, 2.05) is 6.92 Å². The Morgan fingerprint density at radius 2 is 2.11 bits per heavy atom. The molecular weight excluding hydrogens is 248 g/mol. The molecule has 0 aliphatic carbocycles. The summed E-state index contributed by atoms with van der Waals surface area (Å²) >= 11 is 0. The minimum absolute atomic E-state index is 0.243. The summed E-state index contributed by atoms with van der Waals surface area (Å²) in [6.45, 7) is 5.84. The summed E-state index contributed by atoms with van der Waals surface area (Å²) < 4.78 is 10.4. The maximum Gasteiger partial charge on any atom is 0.325 e. The molecule has 1 aliphatic heterocycles. The molecule has 0 bridgehead atoms. The van der Waals surface area contributed by atoms with E-state index < -0.39 is 11.6 Å². The molecule has 1 aliphatic rings. The minimum Gasteiger partial charge on any atom is -0.466 e. The normalized spacial score (nSPS) is 23.1. The summed E-state index contributed by atoms with van der Waals surface area (Å²) in [6, 6.07) is 1.38. The Balaban J connectivity index is 2.33. The van der Waals surface area contributed by atoms with Crippen molar-refractivity contribution in [3.63, 3.8) is 0 Å². The van der Waals surface area contributed by atoms with E-state index in [2.05, 4.69) is 5.32 Å². The largest absolute Gasteiger partial charge is 0.466 e. The summed E-state index contributed by atoms with van der Waals surface area (Å²) in [5, 5.41) is 2.73. The number of carbonyl (C=O) groups excluding carboxylic acids is 2. The molecule has 1 N–H and O–H groups in total. The summed E-state index contributed by atoms with van der Waals surface area (Å²) in [5.74, 6) is 1.08. The van der Waals surface area contributed by atoms with Crippen LogP contribution in [-0.4, -0.2) is 37.1 Å². The maximum absolute atomic E-state index is 12.5. The van der Waals surface area contributed by atoms with E-state index in [0.717, 1.165) is 0 Å². The molecule has 1 aromatic heterocycles. The Hall–Kier alpha value is -1.82. The van der Waals surface area contributed by atoms with Gasteiger partial charge in [-0.15, -0.1) is 0 Å². The van der Waals surface area contributed by atoms with Crippen LogP contribution in [0, 0.1) is 13.8 Å². The number of methoxy groups -OCH3 is 1.